The van der Waals surface area contributed by atoms with Gasteiger partial charge in [-0.05, 0) is 18.5 Å². The van der Waals surface area contributed by atoms with E-state index in [4.69, 9.17) is 10.5 Å². The lowest BCUT2D eigenvalue weighted by molar-refractivity contribution is 0.281. The molecular weight excluding hydrogens is 126 g/mol. The molecule has 56 valence electrons. The van der Waals surface area contributed by atoms with Gasteiger partial charge in [0.25, 0.3) is 0 Å². The highest BCUT2D eigenvalue weighted by Gasteiger charge is 1.99. The molecule has 0 fully saturated rings. The van der Waals surface area contributed by atoms with Crippen LogP contribution in [0.3, 0.4) is 0 Å². The standard InChI is InChI=1S/C8H13NO/c9-5-2-1-3-8-4-6-10-7-8/h1,3,7H,2,4-6,9H2/b3-1+. The molecule has 2 heteroatoms. The van der Waals surface area contributed by atoms with Crippen LogP contribution in [0.15, 0.2) is 24.0 Å². The molecule has 0 aliphatic carbocycles. The molecule has 1 rings (SSSR count). The zero-order chi connectivity index (χ0) is 7.23. The van der Waals surface area contributed by atoms with Crippen molar-refractivity contribution in [3.05, 3.63) is 24.0 Å². The third-order valence-corrected chi connectivity index (χ3v) is 1.41. The summed E-state index contributed by atoms with van der Waals surface area (Å²) in [4.78, 5) is 0. The number of hydrogen-bond donors (Lipinski definition) is 1. The van der Waals surface area contributed by atoms with Crippen molar-refractivity contribution in [3.63, 3.8) is 0 Å². The average molecular weight is 139 g/mol. The van der Waals surface area contributed by atoms with Crippen molar-refractivity contribution in [2.24, 2.45) is 5.73 Å². The summed E-state index contributed by atoms with van der Waals surface area (Å²) in [5.41, 5.74) is 6.58. The minimum atomic E-state index is 0.727. The van der Waals surface area contributed by atoms with Gasteiger partial charge in [0.15, 0.2) is 0 Å². The van der Waals surface area contributed by atoms with Gasteiger partial charge in [-0.3, -0.25) is 0 Å². The van der Waals surface area contributed by atoms with Crippen molar-refractivity contribution in [1.82, 2.24) is 0 Å². The first kappa shape index (κ1) is 7.35. The van der Waals surface area contributed by atoms with Crippen LogP contribution in [0.1, 0.15) is 12.8 Å². The molecule has 2 N–H and O–H groups in total. The first-order valence-electron chi connectivity index (χ1n) is 3.61. The van der Waals surface area contributed by atoms with Gasteiger partial charge >= 0.3 is 0 Å². The summed E-state index contributed by atoms with van der Waals surface area (Å²) in [5.74, 6) is 0. The summed E-state index contributed by atoms with van der Waals surface area (Å²) in [6.45, 7) is 1.56. The molecule has 0 amide bonds. The Morgan fingerprint density at radius 3 is 3.20 bits per heavy atom. The molecule has 1 aliphatic rings. The van der Waals surface area contributed by atoms with Gasteiger partial charge in [0.1, 0.15) is 0 Å². The normalized spacial score (nSPS) is 17.5. The van der Waals surface area contributed by atoms with E-state index in [2.05, 4.69) is 12.2 Å². The summed E-state index contributed by atoms with van der Waals surface area (Å²) in [7, 11) is 0. The van der Waals surface area contributed by atoms with Gasteiger partial charge in [-0.1, -0.05) is 12.2 Å². The zero-order valence-electron chi connectivity index (χ0n) is 6.05. The molecule has 1 heterocycles. The van der Waals surface area contributed by atoms with E-state index in [1.165, 1.54) is 5.57 Å². The van der Waals surface area contributed by atoms with Crippen LogP contribution in [-0.4, -0.2) is 13.2 Å². The van der Waals surface area contributed by atoms with Gasteiger partial charge in [-0.25, -0.2) is 0 Å². The van der Waals surface area contributed by atoms with Crippen LogP contribution in [0.25, 0.3) is 0 Å². The van der Waals surface area contributed by atoms with Crippen molar-refractivity contribution in [1.29, 1.82) is 0 Å². The van der Waals surface area contributed by atoms with E-state index in [1.807, 2.05) is 6.26 Å². The molecule has 0 aromatic rings. The number of nitrogens with two attached hydrogens (primary N) is 1. The van der Waals surface area contributed by atoms with E-state index in [-0.39, 0.29) is 0 Å². The van der Waals surface area contributed by atoms with Crippen molar-refractivity contribution >= 4 is 0 Å². The zero-order valence-corrected chi connectivity index (χ0v) is 6.05. The first-order chi connectivity index (χ1) is 4.93. The highest BCUT2D eigenvalue weighted by atomic mass is 16.5. The molecule has 0 aromatic carbocycles. The molecule has 2 nitrogen and oxygen atoms in total. The van der Waals surface area contributed by atoms with E-state index in [1.54, 1.807) is 0 Å². The Labute approximate surface area is 61.4 Å². The van der Waals surface area contributed by atoms with Crippen LogP contribution in [0.5, 0.6) is 0 Å². The molecule has 0 radical (unpaired) electrons. The second kappa shape index (κ2) is 4.12. The predicted octanol–water partition coefficient (Wildman–Crippen LogP) is 1.20. The van der Waals surface area contributed by atoms with Crippen LogP contribution in [-0.2, 0) is 4.74 Å². The Kier molecular flexibility index (Phi) is 3.03. The Balaban J connectivity index is 2.23. The lowest BCUT2D eigenvalue weighted by Gasteiger charge is -1.86. The first-order valence-corrected chi connectivity index (χ1v) is 3.61. The van der Waals surface area contributed by atoms with E-state index in [0.29, 0.717) is 0 Å². The summed E-state index contributed by atoms with van der Waals surface area (Å²) in [5, 5.41) is 0. The summed E-state index contributed by atoms with van der Waals surface area (Å²) < 4.78 is 5.04. The molecule has 0 saturated heterocycles. The summed E-state index contributed by atoms with van der Waals surface area (Å²) in [6.07, 6.45) is 7.98. The smallest absolute Gasteiger partial charge is 0.0914 e. The highest BCUT2D eigenvalue weighted by Crippen LogP contribution is 2.10. The van der Waals surface area contributed by atoms with E-state index in [0.717, 1.165) is 26.0 Å². The van der Waals surface area contributed by atoms with Crippen molar-refractivity contribution in [3.8, 4) is 0 Å². The van der Waals surface area contributed by atoms with Gasteiger partial charge in [0.05, 0.1) is 12.9 Å². The maximum Gasteiger partial charge on any atom is 0.0914 e. The Bertz CT molecular complexity index is 149. The van der Waals surface area contributed by atoms with Crippen LogP contribution in [0, 0.1) is 0 Å². The Morgan fingerprint density at radius 1 is 1.70 bits per heavy atom. The third kappa shape index (κ3) is 2.23. The minimum absolute atomic E-state index is 0.727. The molecule has 1 aliphatic heterocycles. The number of ether oxygens (including phenoxy) is 1. The maximum absolute atomic E-state index is 5.31. The highest BCUT2D eigenvalue weighted by molar-refractivity contribution is 5.18. The van der Waals surface area contributed by atoms with E-state index < -0.39 is 0 Å². The molecule has 0 atom stereocenters. The van der Waals surface area contributed by atoms with Crippen LogP contribution in [0.4, 0.5) is 0 Å². The van der Waals surface area contributed by atoms with Gasteiger partial charge in [0, 0.05) is 6.42 Å². The third-order valence-electron chi connectivity index (χ3n) is 1.41. The molecule has 0 bridgehead atoms. The lowest BCUT2D eigenvalue weighted by atomic mass is 10.2. The molecule has 0 unspecified atom stereocenters. The monoisotopic (exact) mass is 139 g/mol. The summed E-state index contributed by atoms with van der Waals surface area (Å²) in [6, 6.07) is 0. The van der Waals surface area contributed by atoms with E-state index >= 15 is 0 Å². The average Bonchev–Trinajstić information content (AvgIpc) is 2.41. The van der Waals surface area contributed by atoms with Gasteiger partial charge in [0.2, 0.25) is 0 Å². The number of allylic oxidation sites excluding steroid dienone is 1. The van der Waals surface area contributed by atoms with Gasteiger partial charge < -0.3 is 10.5 Å². The van der Waals surface area contributed by atoms with Crippen LogP contribution in [0.2, 0.25) is 0 Å². The Hall–Kier alpha value is -0.760. The minimum Gasteiger partial charge on any atom is -0.501 e. The molecule has 0 saturated carbocycles. The quantitative estimate of drug-likeness (QED) is 0.637. The fourth-order valence-electron chi connectivity index (χ4n) is 0.855. The second-order valence-electron chi connectivity index (χ2n) is 2.29. The topological polar surface area (TPSA) is 35.2 Å². The number of rotatable bonds is 3. The largest absolute Gasteiger partial charge is 0.501 e. The van der Waals surface area contributed by atoms with Crippen molar-refractivity contribution in [2.45, 2.75) is 12.8 Å². The van der Waals surface area contributed by atoms with Crippen LogP contribution < -0.4 is 5.73 Å². The van der Waals surface area contributed by atoms with Crippen molar-refractivity contribution in [2.75, 3.05) is 13.2 Å². The van der Waals surface area contributed by atoms with Crippen molar-refractivity contribution < 1.29 is 4.74 Å². The SMILES string of the molecule is NCC/C=C/C1=COCC1. The predicted molar refractivity (Wildman–Crippen MR) is 41.5 cm³/mol. The van der Waals surface area contributed by atoms with Gasteiger partial charge in [-0.15, -0.1) is 0 Å². The fourth-order valence-corrected chi connectivity index (χ4v) is 0.855. The lowest BCUT2D eigenvalue weighted by Crippen LogP contribution is -1.95. The van der Waals surface area contributed by atoms with Crippen LogP contribution >= 0.6 is 0 Å². The molecule has 0 spiro atoms. The molecular formula is C8H13NO. The maximum atomic E-state index is 5.31. The Morgan fingerprint density at radius 2 is 2.60 bits per heavy atom. The number of hydrogen-bond acceptors (Lipinski definition) is 2. The summed E-state index contributed by atoms with van der Waals surface area (Å²) >= 11 is 0. The van der Waals surface area contributed by atoms with E-state index in [9.17, 15) is 0 Å². The fraction of sp³-hybridized carbons (Fsp3) is 0.500. The molecule has 10 heavy (non-hydrogen) atoms. The van der Waals surface area contributed by atoms with Gasteiger partial charge in [-0.2, -0.15) is 0 Å². The molecule has 0 aromatic heterocycles. The second-order valence-corrected chi connectivity index (χ2v) is 2.29.